The van der Waals surface area contributed by atoms with Gasteiger partial charge >= 0.3 is 0 Å². The SMILES string of the molecule is O=C(Nc1ccccc1)C1CCN(S(=O)(=O)c2c(F)cccc2F)CC1. The second-order valence-corrected chi connectivity index (χ2v) is 7.96. The van der Waals surface area contributed by atoms with Crippen LogP contribution in [0, 0.1) is 17.6 Å². The van der Waals surface area contributed by atoms with Gasteiger partial charge in [-0.2, -0.15) is 4.31 Å². The van der Waals surface area contributed by atoms with Crippen molar-refractivity contribution >= 4 is 21.6 Å². The molecule has 0 atom stereocenters. The fraction of sp³-hybridized carbons (Fsp3) is 0.278. The van der Waals surface area contributed by atoms with E-state index in [2.05, 4.69) is 5.32 Å². The molecule has 26 heavy (non-hydrogen) atoms. The number of benzene rings is 2. The third-order valence-corrected chi connectivity index (χ3v) is 6.33. The molecule has 2 aromatic rings. The zero-order valence-corrected chi connectivity index (χ0v) is 14.7. The molecule has 0 aliphatic carbocycles. The highest BCUT2D eigenvalue weighted by molar-refractivity contribution is 7.89. The van der Waals surface area contributed by atoms with Gasteiger partial charge in [0, 0.05) is 24.7 Å². The molecule has 1 aliphatic heterocycles. The topological polar surface area (TPSA) is 66.5 Å². The number of carbonyl (C=O) groups is 1. The zero-order chi connectivity index (χ0) is 18.7. The van der Waals surface area contributed by atoms with Crippen molar-refractivity contribution in [2.24, 2.45) is 5.92 Å². The smallest absolute Gasteiger partial charge is 0.248 e. The summed E-state index contributed by atoms with van der Waals surface area (Å²) in [6, 6.07) is 11.9. The Morgan fingerprint density at radius 1 is 0.962 bits per heavy atom. The Bertz CT molecular complexity index is 876. The molecular formula is C18H18F2N2O3S. The molecule has 138 valence electrons. The third-order valence-electron chi connectivity index (χ3n) is 4.38. The lowest BCUT2D eigenvalue weighted by molar-refractivity contribution is -0.120. The largest absolute Gasteiger partial charge is 0.326 e. The summed E-state index contributed by atoms with van der Waals surface area (Å²) in [6.45, 7) is 0.0615. The maximum Gasteiger partial charge on any atom is 0.248 e. The number of halogens is 2. The van der Waals surface area contributed by atoms with Crippen LogP contribution in [-0.2, 0) is 14.8 Å². The molecule has 0 aromatic heterocycles. The molecule has 5 nitrogen and oxygen atoms in total. The van der Waals surface area contributed by atoms with Crippen molar-refractivity contribution in [1.82, 2.24) is 4.31 Å². The molecule has 1 amide bonds. The van der Waals surface area contributed by atoms with Gasteiger partial charge in [-0.05, 0) is 37.1 Å². The first-order valence-electron chi connectivity index (χ1n) is 8.19. The molecule has 0 radical (unpaired) electrons. The highest BCUT2D eigenvalue weighted by Gasteiger charge is 2.35. The molecule has 2 aromatic carbocycles. The van der Waals surface area contributed by atoms with Gasteiger partial charge in [-0.25, -0.2) is 17.2 Å². The molecule has 1 N–H and O–H groups in total. The molecule has 1 aliphatic rings. The minimum Gasteiger partial charge on any atom is -0.326 e. The van der Waals surface area contributed by atoms with Gasteiger partial charge in [0.1, 0.15) is 11.6 Å². The van der Waals surface area contributed by atoms with E-state index in [-0.39, 0.29) is 37.8 Å². The monoisotopic (exact) mass is 380 g/mol. The van der Waals surface area contributed by atoms with Gasteiger partial charge in [0.15, 0.2) is 4.90 Å². The van der Waals surface area contributed by atoms with Crippen LogP contribution >= 0.6 is 0 Å². The second-order valence-electron chi connectivity index (χ2n) is 6.08. The summed E-state index contributed by atoms with van der Waals surface area (Å²) in [6.07, 6.45) is 0.571. The van der Waals surface area contributed by atoms with Gasteiger partial charge < -0.3 is 5.32 Å². The lowest BCUT2D eigenvalue weighted by atomic mass is 9.97. The van der Waals surface area contributed by atoms with Crippen molar-refractivity contribution in [2.45, 2.75) is 17.7 Å². The Morgan fingerprint density at radius 2 is 1.54 bits per heavy atom. The number of piperidine rings is 1. The highest BCUT2D eigenvalue weighted by atomic mass is 32.2. The fourth-order valence-electron chi connectivity index (χ4n) is 2.98. The quantitative estimate of drug-likeness (QED) is 0.887. The normalized spacial score (nSPS) is 16.4. The maximum absolute atomic E-state index is 13.8. The number of carbonyl (C=O) groups excluding carboxylic acids is 1. The zero-order valence-electron chi connectivity index (χ0n) is 13.9. The van der Waals surface area contributed by atoms with Crippen LogP contribution in [0.25, 0.3) is 0 Å². The lowest BCUT2D eigenvalue weighted by Crippen LogP contribution is -2.41. The van der Waals surface area contributed by atoms with E-state index in [1.807, 2.05) is 6.07 Å². The van der Waals surface area contributed by atoms with Crippen molar-refractivity contribution in [2.75, 3.05) is 18.4 Å². The van der Waals surface area contributed by atoms with Crippen molar-refractivity contribution in [3.8, 4) is 0 Å². The molecule has 0 saturated carbocycles. The molecule has 0 unspecified atom stereocenters. The first-order chi connectivity index (χ1) is 12.4. The van der Waals surface area contributed by atoms with E-state index >= 15 is 0 Å². The van der Waals surface area contributed by atoms with Gasteiger partial charge in [0.05, 0.1) is 0 Å². The Kier molecular flexibility index (Phi) is 5.33. The summed E-state index contributed by atoms with van der Waals surface area (Å²) in [7, 11) is -4.28. The second kappa shape index (κ2) is 7.51. The van der Waals surface area contributed by atoms with E-state index in [1.165, 1.54) is 0 Å². The van der Waals surface area contributed by atoms with E-state index in [1.54, 1.807) is 24.3 Å². The van der Waals surface area contributed by atoms with E-state index in [0.29, 0.717) is 5.69 Å². The highest BCUT2D eigenvalue weighted by Crippen LogP contribution is 2.27. The molecule has 0 spiro atoms. The van der Waals surface area contributed by atoms with Gasteiger partial charge in [0.25, 0.3) is 0 Å². The van der Waals surface area contributed by atoms with E-state index in [0.717, 1.165) is 22.5 Å². The number of nitrogens with zero attached hydrogens (tertiary/aromatic N) is 1. The minimum atomic E-state index is -4.28. The fourth-order valence-corrected chi connectivity index (χ4v) is 4.56. The number of para-hydroxylation sites is 1. The van der Waals surface area contributed by atoms with Crippen molar-refractivity contribution in [3.05, 3.63) is 60.2 Å². The van der Waals surface area contributed by atoms with Crippen LogP contribution in [0.15, 0.2) is 53.4 Å². The Hall–Kier alpha value is -2.32. The number of nitrogens with one attached hydrogen (secondary N) is 1. The Balaban J connectivity index is 1.67. The van der Waals surface area contributed by atoms with Gasteiger partial charge in [0.2, 0.25) is 15.9 Å². The number of hydrogen-bond donors (Lipinski definition) is 1. The number of hydrogen-bond acceptors (Lipinski definition) is 3. The summed E-state index contributed by atoms with van der Waals surface area (Å²) in [5.74, 6) is -2.78. The molecule has 1 fully saturated rings. The van der Waals surface area contributed by atoms with Gasteiger partial charge in [-0.15, -0.1) is 0 Å². The first kappa shape index (κ1) is 18.5. The van der Waals surface area contributed by atoms with Crippen molar-refractivity contribution < 1.29 is 22.0 Å². The van der Waals surface area contributed by atoms with Crippen LogP contribution in [-0.4, -0.2) is 31.7 Å². The number of sulfonamides is 1. The Labute approximate surface area is 150 Å². The number of anilines is 1. The van der Waals surface area contributed by atoms with Crippen LogP contribution in [0.4, 0.5) is 14.5 Å². The van der Waals surface area contributed by atoms with Crippen molar-refractivity contribution in [1.29, 1.82) is 0 Å². The summed E-state index contributed by atoms with van der Waals surface area (Å²) in [5, 5.41) is 2.79. The molecule has 1 heterocycles. The average Bonchev–Trinajstić information content (AvgIpc) is 2.62. The molecule has 0 bridgehead atoms. The maximum atomic E-state index is 13.8. The molecule has 1 saturated heterocycles. The van der Waals surface area contributed by atoms with Gasteiger partial charge in [-0.3, -0.25) is 4.79 Å². The predicted octanol–water partition coefficient (Wildman–Crippen LogP) is 3.00. The van der Waals surface area contributed by atoms with Gasteiger partial charge in [-0.1, -0.05) is 24.3 Å². The number of amides is 1. The molecule has 3 rings (SSSR count). The van der Waals surface area contributed by atoms with Crippen molar-refractivity contribution in [3.63, 3.8) is 0 Å². The predicted molar refractivity (Wildman–Crippen MR) is 92.9 cm³/mol. The van der Waals surface area contributed by atoms with Crippen LogP contribution < -0.4 is 5.32 Å². The third kappa shape index (κ3) is 3.76. The summed E-state index contributed by atoms with van der Waals surface area (Å²) >= 11 is 0. The number of rotatable bonds is 4. The average molecular weight is 380 g/mol. The molecule has 8 heteroatoms. The summed E-state index contributed by atoms with van der Waals surface area (Å²) < 4.78 is 53.8. The van der Waals surface area contributed by atoms with E-state index < -0.39 is 26.6 Å². The Morgan fingerprint density at radius 3 is 2.12 bits per heavy atom. The van der Waals surface area contributed by atoms with E-state index in [4.69, 9.17) is 0 Å². The minimum absolute atomic E-state index is 0.0307. The van der Waals surface area contributed by atoms with Crippen LogP contribution in [0.1, 0.15) is 12.8 Å². The van der Waals surface area contributed by atoms with Crippen LogP contribution in [0.2, 0.25) is 0 Å². The lowest BCUT2D eigenvalue weighted by Gasteiger charge is -2.30. The van der Waals surface area contributed by atoms with Crippen LogP contribution in [0.3, 0.4) is 0 Å². The van der Waals surface area contributed by atoms with E-state index in [9.17, 15) is 22.0 Å². The summed E-state index contributed by atoms with van der Waals surface area (Å²) in [5.41, 5.74) is 0.668. The standard InChI is InChI=1S/C18H18F2N2O3S/c19-15-7-4-8-16(20)17(15)26(24,25)22-11-9-13(10-12-22)18(23)21-14-5-2-1-3-6-14/h1-8,13H,9-12H2,(H,21,23). The summed E-state index contributed by atoms with van der Waals surface area (Å²) in [4.78, 5) is 11.4. The first-order valence-corrected chi connectivity index (χ1v) is 9.63. The van der Waals surface area contributed by atoms with Crippen LogP contribution in [0.5, 0.6) is 0 Å². The molecular weight excluding hydrogens is 362 g/mol.